The maximum absolute atomic E-state index is 11.7. The molecule has 5 heteroatoms. The van der Waals surface area contributed by atoms with Crippen LogP contribution in [0.2, 0.25) is 0 Å². The van der Waals surface area contributed by atoms with Crippen molar-refractivity contribution in [2.24, 2.45) is 0 Å². The Balaban J connectivity index is 2.03. The Labute approximate surface area is 92.5 Å². The van der Waals surface area contributed by atoms with Gasteiger partial charge in [-0.2, -0.15) is 0 Å². The van der Waals surface area contributed by atoms with Gasteiger partial charge in [0.25, 0.3) is 5.91 Å². The first-order valence-electron chi connectivity index (χ1n) is 5.02. The Kier molecular flexibility index (Phi) is 2.76. The summed E-state index contributed by atoms with van der Waals surface area (Å²) in [5.41, 5.74) is 0.224. The normalized spacial score (nSPS) is 19.2. The highest BCUT2D eigenvalue weighted by atomic mass is 16.3. The number of hydrogen-bond donors (Lipinski definition) is 3. The molecule has 2 rings (SSSR count). The molecule has 1 fully saturated rings. The Morgan fingerprint density at radius 3 is 2.81 bits per heavy atom. The van der Waals surface area contributed by atoms with E-state index in [9.17, 15) is 14.7 Å². The number of hydrogen-bond acceptors (Lipinski definition) is 3. The second-order valence-corrected chi connectivity index (χ2v) is 3.70. The molecule has 1 aliphatic heterocycles. The molecule has 1 heterocycles. The average Bonchev–Trinajstić information content (AvgIpc) is 2.64. The number of carbonyl (C=O) groups excluding carboxylic acids is 2. The highest BCUT2D eigenvalue weighted by Gasteiger charge is 2.23. The Bertz CT molecular complexity index is 431. The van der Waals surface area contributed by atoms with Crippen LogP contribution in [-0.4, -0.2) is 29.5 Å². The lowest BCUT2D eigenvalue weighted by Crippen LogP contribution is -2.36. The zero-order valence-electron chi connectivity index (χ0n) is 8.56. The number of aromatic hydroxyl groups is 1. The van der Waals surface area contributed by atoms with E-state index in [-0.39, 0.29) is 29.2 Å². The van der Waals surface area contributed by atoms with Crippen LogP contribution < -0.4 is 10.6 Å². The second kappa shape index (κ2) is 4.22. The number of amides is 2. The molecule has 0 radical (unpaired) electrons. The Morgan fingerprint density at radius 1 is 1.44 bits per heavy atom. The molecule has 0 saturated carbocycles. The van der Waals surface area contributed by atoms with E-state index in [0.29, 0.717) is 13.0 Å². The van der Waals surface area contributed by atoms with Crippen molar-refractivity contribution in [3.63, 3.8) is 0 Å². The second-order valence-electron chi connectivity index (χ2n) is 3.70. The van der Waals surface area contributed by atoms with Gasteiger partial charge in [0.15, 0.2) is 0 Å². The lowest BCUT2D eigenvalue weighted by atomic mass is 10.1. The molecule has 1 aromatic carbocycles. The molecule has 0 bridgehead atoms. The Hall–Kier alpha value is -2.04. The number of rotatable bonds is 2. The predicted molar refractivity (Wildman–Crippen MR) is 57.0 cm³/mol. The van der Waals surface area contributed by atoms with Gasteiger partial charge < -0.3 is 15.7 Å². The highest BCUT2D eigenvalue weighted by molar-refractivity contribution is 5.97. The minimum Gasteiger partial charge on any atom is -0.507 e. The van der Waals surface area contributed by atoms with Gasteiger partial charge in [0.05, 0.1) is 11.6 Å². The molecule has 1 atom stereocenters. The molecular weight excluding hydrogens is 208 g/mol. The van der Waals surface area contributed by atoms with E-state index in [0.717, 1.165) is 0 Å². The summed E-state index contributed by atoms with van der Waals surface area (Å²) in [6, 6.07) is 6.11. The van der Waals surface area contributed by atoms with Crippen molar-refractivity contribution in [3.05, 3.63) is 29.8 Å². The molecule has 16 heavy (non-hydrogen) atoms. The molecule has 1 unspecified atom stereocenters. The lowest BCUT2D eigenvalue weighted by Gasteiger charge is -2.10. The maximum atomic E-state index is 11.7. The summed E-state index contributed by atoms with van der Waals surface area (Å²) in [4.78, 5) is 22.6. The van der Waals surface area contributed by atoms with Gasteiger partial charge in [0, 0.05) is 13.0 Å². The van der Waals surface area contributed by atoms with Gasteiger partial charge >= 0.3 is 0 Å². The van der Waals surface area contributed by atoms with Crippen LogP contribution in [0.25, 0.3) is 0 Å². The van der Waals surface area contributed by atoms with Crippen molar-refractivity contribution < 1.29 is 14.7 Å². The molecule has 5 nitrogen and oxygen atoms in total. The van der Waals surface area contributed by atoms with Crippen molar-refractivity contribution in [3.8, 4) is 5.75 Å². The molecule has 0 aromatic heterocycles. The summed E-state index contributed by atoms with van der Waals surface area (Å²) in [6.07, 6.45) is 0.291. The molecule has 3 N–H and O–H groups in total. The van der Waals surface area contributed by atoms with Crippen molar-refractivity contribution in [2.45, 2.75) is 12.5 Å². The van der Waals surface area contributed by atoms with Gasteiger partial charge in [-0.25, -0.2) is 0 Å². The molecule has 0 aliphatic carbocycles. The van der Waals surface area contributed by atoms with Crippen molar-refractivity contribution >= 4 is 11.8 Å². The predicted octanol–water partition coefficient (Wildman–Crippen LogP) is 0.0105. The summed E-state index contributed by atoms with van der Waals surface area (Å²) in [6.45, 7) is 0.443. The molecule has 0 spiro atoms. The zero-order chi connectivity index (χ0) is 11.5. The topological polar surface area (TPSA) is 78.4 Å². The quantitative estimate of drug-likeness (QED) is 0.657. The van der Waals surface area contributed by atoms with Gasteiger partial charge in [0.1, 0.15) is 5.75 Å². The molecule has 1 saturated heterocycles. The van der Waals surface area contributed by atoms with Crippen LogP contribution in [0.4, 0.5) is 0 Å². The standard InChI is InChI=1S/C11H12N2O3/c14-9-4-2-1-3-8(9)11(16)13-7-5-10(15)12-6-7/h1-4,7,14H,5-6H2,(H,12,15)(H,13,16). The molecule has 1 aromatic rings. The van der Waals surface area contributed by atoms with E-state index >= 15 is 0 Å². The van der Waals surface area contributed by atoms with Crippen LogP contribution in [-0.2, 0) is 4.79 Å². The first-order valence-corrected chi connectivity index (χ1v) is 5.02. The van der Waals surface area contributed by atoms with Crippen molar-refractivity contribution in [1.29, 1.82) is 0 Å². The van der Waals surface area contributed by atoms with Crippen LogP contribution in [0.1, 0.15) is 16.8 Å². The smallest absolute Gasteiger partial charge is 0.255 e. The van der Waals surface area contributed by atoms with E-state index in [1.54, 1.807) is 12.1 Å². The minimum atomic E-state index is -0.361. The third kappa shape index (κ3) is 2.13. The van der Waals surface area contributed by atoms with Crippen molar-refractivity contribution in [1.82, 2.24) is 10.6 Å². The minimum absolute atomic E-state index is 0.0581. The summed E-state index contributed by atoms with van der Waals surface area (Å²) >= 11 is 0. The van der Waals surface area contributed by atoms with Crippen LogP contribution in [0.15, 0.2) is 24.3 Å². The van der Waals surface area contributed by atoms with E-state index in [2.05, 4.69) is 10.6 Å². The maximum Gasteiger partial charge on any atom is 0.255 e. The third-order valence-corrected chi connectivity index (χ3v) is 2.46. The fourth-order valence-electron chi connectivity index (χ4n) is 1.64. The summed E-state index contributed by atoms with van der Waals surface area (Å²) in [7, 11) is 0. The van der Waals surface area contributed by atoms with Gasteiger partial charge in [-0.15, -0.1) is 0 Å². The number of phenols is 1. The van der Waals surface area contributed by atoms with Gasteiger partial charge in [-0.3, -0.25) is 9.59 Å². The lowest BCUT2D eigenvalue weighted by molar-refractivity contribution is -0.119. The zero-order valence-corrected chi connectivity index (χ0v) is 8.56. The van der Waals surface area contributed by atoms with Gasteiger partial charge in [0.2, 0.25) is 5.91 Å². The third-order valence-electron chi connectivity index (χ3n) is 2.46. The van der Waals surface area contributed by atoms with Crippen LogP contribution >= 0.6 is 0 Å². The van der Waals surface area contributed by atoms with E-state index in [1.807, 2.05) is 0 Å². The fraction of sp³-hybridized carbons (Fsp3) is 0.273. The Morgan fingerprint density at radius 2 is 2.19 bits per heavy atom. The average molecular weight is 220 g/mol. The molecule has 2 amide bonds. The van der Waals surface area contributed by atoms with Crippen molar-refractivity contribution in [2.75, 3.05) is 6.54 Å². The van der Waals surface area contributed by atoms with E-state index < -0.39 is 0 Å². The van der Waals surface area contributed by atoms with Crippen LogP contribution in [0, 0.1) is 0 Å². The molecular formula is C11H12N2O3. The molecule has 1 aliphatic rings. The number of nitrogens with one attached hydrogen (secondary N) is 2. The fourth-order valence-corrected chi connectivity index (χ4v) is 1.64. The van der Waals surface area contributed by atoms with Gasteiger partial charge in [-0.1, -0.05) is 12.1 Å². The monoisotopic (exact) mass is 220 g/mol. The number of benzene rings is 1. The number of carbonyl (C=O) groups is 2. The summed E-state index contributed by atoms with van der Waals surface area (Å²) in [5, 5.41) is 14.8. The number of para-hydroxylation sites is 1. The summed E-state index contributed by atoms with van der Waals surface area (Å²) < 4.78 is 0. The van der Waals surface area contributed by atoms with Gasteiger partial charge in [-0.05, 0) is 12.1 Å². The first-order chi connectivity index (χ1) is 7.66. The number of phenolic OH excluding ortho intramolecular Hbond substituents is 1. The van der Waals surface area contributed by atoms with E-state index in [4.69, 9.17) is 0 Å². The SMILES string of the molecule is O=C1CC(NC(=O)c2ccccc2O)CN1. The van der Waals surface area contributed by atoms with E-state index in [1.165, 1.54) is 12.1 Å². The highest BCUT2D eigenvalue weighted by Crippen LogP contribution is 2.15. The summed E-state index contributed by atoms with van der Waals surface area (Å²) in [5.74, 6) is -0.487. The van der Waals surface area contributed by atoms with Crippen LogP contribution in [0.5, 0.6) is 5.75 Å². The molecule has 84 valence electrons. The first kappa shape index (κ1) is 10.5. The van der Waals surface area contributed by atoms with Crippen LogP contribution in [0.3, 0.4) is 0 Å². The largest absolute Gasteiger partial charge is 0.507 e.